The Kier molecular flexibility index (Phi) is 2.95. The molecule has 0 saturated heterocycles. The van der Waals surface area contributed by atoms with Crippen molar-refractivity contribution in [2.24, 2.45) is 0 Å². The maximum atomic E-state index is 10.4. The molecule has 0 radical (unpaired) electrons. The second-order valence-electron chi connectivity index (χ2n) is 2.66. The topological polar surface area (TPSA) is 81.3 Å². The minimum absolute atomic E-state index is 0.0136. The van der Waals surface area contributed by atoms with Gasteiger partial charge in [-0.1, -0.05) is 11.6 Å². The Morgan fingerprint density at radius 2 is 2.21 bits per heavy atom. The van der Waals surface area contributed by atoms with Gasteiger partial charge in [-0.05, 0) is 17.7 Å². The van der Waals surface area contributed by atoms with Gasteiger partial charge in [0, 0.05) is 0 Å². The third-order valence-corrected chi connectivity index (χ3v) is 1.89. The highest BCUT2D eigenvalue weighted by Crippen LogP contribution is 2.28. The SMILES string of the molecule is N#Cc1cc(CC(=O)O)cc(Cl)c1O. The Morgan fingerprint density at radius 1 is 1.57 bits per heavy atom. The Balaban J connectivity index is 3.18. The predicted molar refractivity (Wildman–Crippen MR) is 49.2 cm³/mol. The highest BCUT2D eigenvalue weighted by Gasteiger charge is 2.09. The summed E-state index contributed by atoms with van der Waals surface area (Å²) < 4.78 is 0. The van der Waals surface area contributed by atoms with Crippen LogP contribution in [0, 0.1) is 11.3 Å². The third-order valence-electron chi connectivity index (χ3n) is 1.60. The van der Waals surface area contributed by atoms with Crippen molar-refractivity contribution >= 4 is 17.6 Å². The summed E-state index contributed by atoms with van der Waals surface area (Å²) in [4.78, 5) is 10.4. The first-order valence-corrected chi connectivity index (χ1v) is 4.05. The zero-order valence-corrected chi connectivity index (χ0v) is 7.75. The normalized spacial score (nSPS) is 9.43. The van der Waals surface area contributed by atoms with E-state index in [1.165, 1.54) is 12.1 Å². The van der Waals surface area contributed by atoms with Crippen LogP contribution >= 0.6 is 11.6 Å². The third kappa shape index (κ3) is 2.15. The van der Waals surface area contributed by atoms with Crippen LogP contribution in [0.5, 0.6) is 5.75 Å². The molecule has 4 nitrogen and oxygen atoms in total. The first-order valence-electron chi connectivity index (χ1n) is 3.68. The van der Waals surface area contributed by atoms with Crippen LogP contribution in [0.4, 0.5) is 0 Å². The van der Waals surface area contributed by atoms with E-state index in [1.54, 1.807) is 6.07 Å². The van der Waals surface area contributed by atoms with E-state index in [0.29, 0.717) is 5.56 Å². The number of aliphatic carboxylic acids is 1. The summed E-state index contributed by atoms with van der Waals surface area (Å²) in [6, 6.07) is 4.35. The van der Waals surface area contributed by atoms with Crippen molar-refractivity contribution < 1.29 is 15.0 Å². The van der Waals surface area contributed by atoms with Gasteiger partial charge < -0.3 is 10.2 Å². The van der Waals surface area contributed by atoms with Crippen molar-refractivity contribution in [2.75, 3.05) is 0 Å². The van der Waals surface area contributed by atoms with Crippen molar-refractivity contribution in [2.45, 2.75) is 6.42 Å². The predicted octanol–water partition coefficient (Wildman–Crippen LogP) is 1.54. The van der Waals surface area contributed by atoms with Crippen LogP contribution in [-0.4, -0.2) is 16.2 Å². The summed E-state index contributed by atoms with van der Waals surface area (Å²) in [5.74, 6) is -1.33. The molecule has 0 heterocycles. The minimum Gasteiger partial charge on any atom is -0.505 e. The van der Waals surface area contributed by atoms with E-state index in [1.807, 2.05) is 0 Å². The number of hydrogen-bond acceptors (Lipinski definition) is 3. The molecule has 0 aliphatic rings. The fourth-order valence-electron chi connectivity index (χ4n) is 1.02. The summed E-state index contributed by atoms with van der Waals surface area (Å²) in [5, 5.41) is 26.3. The number of phenolic OH excluding ortho intramolecular Hbond substituents is 1. The average Bonchev–Trinajstić information content (AvgIpc) is 2.10. The molecule has 5 heteroatoms. The van der Waals surface area contributed by atoms with Crippen molar-refractivity contribution in [1.82, 2.24) is 0 Å². The lowest BCUT2D eigenvalue weighted by atomic mass is 10.1. The van der Waals surface area contributed by atoms with Crippen LogP contribution < -0.4 is 0 Å². The Bertz CT molecular complexity index is 423. The van der Waals surface area contributed by atoms with Gasteiger partial charge in [0.1, 0.15) is 6.07 Å². The van der Waals surface area contributed by atoms with Crippen molar-refractivity contribution in [3.05, 3.63) is 28.3 Å². The van der Waals surface area contributed by atoms with Crippen molar-refractivity contribution in [3.8, 4) is 11.8 Å². The molecular weight excluding hydrogens is 206 g/mol. The second-order valence-corrected chi connectivity index (χ2v) is 3.06. The zero-order valence-electron chi connectivity index (χ0n) is 6.99. The highest BCUT2D eigenvalue weighted by atomic mass is 35.5. The van der Waals surface area contributed by atoms with E-state index < -0.39 is 5.97 Å². The number of nitrogens with zero attached hydrogens (tertiary/aromatic N) is 1. The Morgan fingerprint density at radius 3 is 2.71 bits per heavy atom. The van der Waals surface area contributed by atoms with Gasteiger partial charge in [0.25, 0.3) is 0 Å². The van der Waals surface area contributed by atoms with Gasteiger partial charge in [-0.15, -0.1) is 0 Å². The first kappa shape index (κ1) is 10.4. The van der Waals surface area contributed by atoms with Gasteiger partial charge in [-0.3, -0.25) is 4.79 Å². The number of aromatic hydroxyl groups is 1. The number of carboxylic acid groups (broad SMARTS) is 1. The standard InChI is InChI=1S/C9H6ClNO3/c10-7-2-5(3-8(12)13)1-6(4-11)9(7)14/h1-2,14H,3H2,(H,12,13). The van der Waals surface area contributed by atoms with Gasteiger partial charge in [-0.25, -0.2) is 0 Å². The molecule has 0 fully saturated rings. The number of carboxylic acids is 1. The monoisotopic (exact) mass is 211 g/mol. The van der Waals surface area contributed by atoms with Gasteiger partial charge >= 0.3 is 5.97 Å². The van der Waals surface area contributed by atoms with Gasteiger partial charge in [0.15, 0.2) is 5.75 Å². The van der Waals surface area contributed by atoms with E-state index in [0.717, 1.165) is 0 Å². The first-order chi connectivity index (χ1) is 6.54. The molecule has 1 aromatic carbocycles. The molecule has 0 aromatic heterocycles. The molecule has 0 bridgehead atoms. The number of benzene rings is 1. The van der Waals surface area contributed by atoms with E-state index >= 15 is 0 Å². The summed E-state index contributed by atoms with van der Waals surface area (Å²) in [7, 11) is 0. The maximum Gasteiger partial charge on any atom is 0.307 e. The number of hydrogen-bond donors (Lipinski definition) is 2. The summed E-state index contributed by atoms with van der Waals surface area (Å²) >= 11 is 5.59. The lowest BCUT2D eigenvalue weighted by molar-refractivity contribution is -0.136. The molecule has 0 spiro atoms. The molecule has 0 aliphatic heterocycles. The lowest BCUT2D eigenvalue weighted by Crippen LogP contribution is -2.00. The molecule has 0 aliphatic carbocycles. The van der Waals surface area contributed by atoms with Crippen LogP contribution in [0.25, 0.3) is 0 Å². The molecule has 0 atom stereocenters. The molecule has 0 saturated carbocycles. The largest absolute Gasteiger partial charge is 0.505 e. The molecule has 2 N–H and O–H groups in total. The Labute approximate surface area is 85.0 Å². The number of phenols is 1. The van der Waals surface area contributed by atoms with Gasteiger partial charge in [0.2, 0.25) is 0 Å². The molecule has 14 heavy (non-hydrogen) atoms. The summed E-state index contributed by atoms with van der Waals surface area (Å²) in [5.41, 5.74) is 0.366. The van der Waals surface area contributed by atoms with Crippen molar-refractivity contribution in [3.63, 3.8) is 0 Å². The van der Waals surface area contributed by atoms with E-state index in [2.05, 4.69) is 0 Å². The van der Waals surface area contributed by atoms with E-state index in [-0.39, 0.29) is 22.8 Å². The molecule has 1 rings (SSSR count). The second kappa shape index (κ2) is 3.99. The Hall–Kier alpha value is -1.73. The summed E-state index contributed by atoms with van der Waals surface area (Å²) in [6.45, 7) is 0. The van der Waals surface area contributed by atoms with Crippen LogP contribution in [0.2, 0.25) is 5.02 Å². The number of halogens is 1. The van der Waals surface area contributed by atoms with Crippen LogP contribution in [0.3, 0.4) is 0 Å². The smallest absolute Gasteiger partial charge is 0.307 e. The van der Waals surface area contributed by atoms with Crippen molar-refractivity contribution in [1.29, 1.82) is 5.26 Å². The molecule has 0 unspecified atom stereocenters. The molecule has 0 amide bonds. The molecule has 1 aromatic rings. The van der Waals surface area contributed by atoms with Crippen LogP contribution in [0.15, 0.2) is 12.1 Å². The lowest BCUT2D eigenvalue weighted by Gasteiger charge is -2.02. The summed E-state index contributed by atoms with van der Waals surface area (Å²) in [6.07, 6.45) is -0.228. The number of carbonyl (C=O) groups is 1. The van der Waals surface area contributed by atoms with E-state index in [9.17, 15) is 9.90 Å². The number of rotatable bonds is 2. The maximum absolute atomic E-state index is 10.4. The van der Waals surface area contributed by atoms with E-state index in [4.69, 9.17) is 22.0 Å². The fraction of sp³-hybridized carbons (Fsp3) is 0.111. The minimum atomic E-state index is -1.02. The molecule has 72 valence electrons. The van der Waals surface area contributed by atoms with Gasteiger partial charge in [-0.2, -0.15) is 5.26 Å². The van der Waals surface area contributed by atoms with Crippen LogP contribution in [-0.2, 0) is 11.2 Å². The average molecular weight is 212 g/mol. The number of nitriles is 1. The van der Waals surface area contributed by atoms with Crippen LogP contribution in [0.1, 0.15) is 11.1 Å². The van der Waals surface area contributed by atoms with Gasteiger partial charge in [0.05, 0.1) is 17.0 Å². The fourth-order valence-corrected chi connectivity index (χ4v) is 1.26. The quantitative estimate of drug-likeness (QED) is 0.778. The zero-order chi connectivity index (χ0) is 10.7. The highest BCUT2D eigenvalue weighted by molar-refractivity contribution is 6.32. The molecular formula is C9H6ClNO3.